The molecule has 12 heavy (non-hydrogen) atoms. The molecular weight excluding hydrogens is 215 g/mol. The summed E-state index contributed by atoms with van der Waals surface area (Å²) in [5.74, 6) is 2.12. The monoisotopic (exact) mass is 226 g/mol. The minimum absolute atomic E-state index is 0.0225. The van der Waals surface area contributed by atoms with Crippen molar-refractivity contribution in [3.63, 3.8) is 0 Å². The summed E-state index contributed by atoms with van der Waals surface area (Å²) in [6.07, 6.45) is 1.37. The molecule has 1 rings (SSSR count). The van der Waals surface area contributed by atoms with Gasteiger partial charge in [-0.3, -0.25) is 0 Å². The Kier molecular flexibility index (Phi) is 3.27. The second kappa shape index (κ2) is 4.24. The van der Waals surface area contributed by atoms with Crippen LogP contribution >= 0.6 is 0 Å². The van der Waals surface area contributed by atoms with E-state index in [1.807, 2.05) is 24.3 Å². The van der Waals surface area contributed by atoms with Crippen LogP contribution in [-0.4, -0.2) is 20.7 Å². The first-order chi connectivity index (χ1) is 5.79. The van der Waals surface area contributed by atoms with Crippen molar-refractivity contribution in [1.82, 2.24) is 0 Å². The molecule has 0 aliphatic heterocycles. The van der Waals surface area contributed by atoms with E-state index in [1.165, 1.54) is 6.08 Å². The number of allylic oxidation sites excluding steroid dienone is 1. The van der Waals surface area contributed by atoms with Crippen LogP contribution in [0.25, 0.3) is 0 Å². The maximum atomic E-state index is 11.3. The molecule has 0 unspecified atom stereocenters. The fourth-order valence-electron chi connectivity index (χ4n) is 0.958. The van der Waals surface area contributed by atoms with Crippen molar-refractivity contribution in [2.75, 3.05) is 0 Å². The minimum atomic E-state index is 0.0225. The Labute approximate surface area is 78.6 Å². The van der Waals surface area contributed by atoms with Crippen LogP contribution in [0.15, 0.2) is 36.9 Å². The molecular formula is C10H10OSe. The quantitative estimate of drug-likeness (QED) is 0.432. The SMILES string of the molecule is C=CC(=O)c1ccccc1[Se]C. The summed E-state index contributed by atoms with van der Waals surface area (Å²) in [4.78, 5) is 11.3. The first-order valence-electron chi connectivity index (χ1n) is 3.59. The number of hydrogen-bond donors (Lipinski definition) is 0. The van der Waals surface area contributed by atoms with Crippen LogP contribution in [0, 0.1) is 0 Å². The van der Waals surface area contributed by atoms with Crippen molar-refractivity contribution >= 4 is 25.2 Å². The van der Waals surface area contributed by atoms with Gasteiger partial charge >= 0.3 is 78.3 Å². The van der Waals surface area contributed by atoms with Crippen LogP contribution < -0.4 is 4.46 Å². The van der Waals surface area contributed by atoms with Gasteiger partial charge in [0, 0.05) is 0 Å². The molecule has 1 nitrogen and oxygen atoms in total. The third-order valence-corrected chi connectivity index (χ3v) is 3.23. The van der Waals surface area contributed by atoms with E-state index in [4.69, 9.17) is 0 Å². The first-order valence-corrected chi connectivity index (χ1v) is 6.16. The fourth-order valence-corrected chi connectivity index (χ4v) is 2.22. The van der Waals surface area contributed by atoms with Crippen molar-refractivity contribution in [2.45, 2.75) is 5.82 Å². The Bertz CT molecular complexity index is 304. The third-order valence-electron chi connectivity index (χ3n) is 1.56. The molecule has 0 aliphatic carbocycles. The van der Waals surface area contributed by atoms with Crippen LogP contribution in [-0.2, 0) is 0 Å². The molecule has 0 fully saturated rings. The molecule has 0 saturated carbocycles. The van der Waals surface area contributed by atoms with Crippen LogP contribution in [0.1, 0.15) is 10.4 Å². The van der Waals surface area contributed by atoms with E-state index in [-0.39, 0.29) is 5.78 Å². The predicted molar refractivity (Wildman–Crippen MR) is 52.2 cm³/mol. The molecule has 1 aromatic carbocycles. The molecule has 0 aliphatic rings. The molecule has 0 spiro atoms. The van der Waals surface area contributed by atoms with Crippen LogP contribution in [0.4, 0.5) is 0 Å². The van der Waals surface area contributed by atoms with Crippen molar-refractivity contribution in [3.05, 3.63) is 42.5 Å². The molecule has 1 aromatic rings. The van der Waals surface area contributed by atoms with Crippen LogP contribution in [0.2, 0.25) is 5.82 Å². The molecule has 0 bridgehead atoms. The average Bonchev–Trinajstić information content (AvgIpc) is 2.16. The number of ketones is 1. The van der Waals surface area contributed by atoms with Crippen LogP contribution in [0.3, 0.4) is 0 Å². The van der Waals surface area contributed by atoms with Crippen LogP contribution in [0.5, 0.6) is 0 Å². The maximum absolute atomic E-state index is 11.3. The zero-order valence-corrected chi connectivity index (χ0v) is 8.62. The zero-order valence-electron chi connectivity index (χ0n) is 6.91. The van der Waals surface area contributed by atoms with Crippen molar-refractivity contribution < 1.29 is 4.79 Å². The summed E-state index contributed by atoms with van der Waals surface area (Å²) in [5, 5.41) is 0. The van der Waals surface area contributed by atoms with Gasteiger partial charge in [0.05, 0.1) is 0 Å². The molecule has 0 radical (unpaired) electrons. The van der Waals surface area contributed by atoms with E-state index in [2.05, 4.69) is 12.4 Å². The topological polar surface area (TPSA) is 17.1 Å². The standard InChI is InChI=1S/C10H10OSe/c1-3-9(11)8-6-4-5-7-10(8)12-2/h3-7H,1H2,2H3. The van der Waals surface area contributed by atoms with E-state index in [9.17, 15) is 4.79 Å². The van der Waals surface area contributed by atoms with Gasteiger partial charge in [0.15, 0.2) is 0 Å². The van der Waals surface area contributed by atoms with Gasteiger partial charge in [-0.25, -0.2) is 0 Å². The molecule has 0 saturated heterocycles. The molecule has 0 aromatic heterocycles. The number of benzene rings is 1. The predicted octanol–water partition coefficient (Wildman–Crippen LogP) is 1.43. The Hall–Kier alpha value is -0.851. The molecule has 0 heterocycles. The molecule has 0 N–H and O–H groups in total. The Morgan fingerprint density at radius 1 is 1.50 bits per heavy atom. The van der Waals surface area contributed by atoms with Crippen molar-refractivity contribution in [2.24, 2.45) is 0 Å². The van der Waals surface area contributed by atoms with Gasteiger partial charge < -0.3 is 0 Å². The average molecular weight is 225 g/mol. The van der Waals surface area contributed by atoms with Crippen molar-refractivity contribution in [1.29, 1.82) is 0 Å². The van der Waals surface area contributed by atoms with Gasteiger partial charge in [0.1, 0.15) is 0 Å². The summed E-state index contributed by atoms with van der Waals surface area (Å²) < 4.78 is 1.15. The second-order valence-electron chi connectivity index (χ2n) is 2.27. The third kappa shape index (κ3) is 1.84. The van der Waals surface area contributed by atoms with E-state index >= 15 is 0 Å². The summed E-state index contributed by atoms with van der Waals surface area (Å²) in [5.41, 5.74) is 0.801. The van der Waals surface area contributed by atoms with Crippen molar-refractivity contribution in [3.8, 4) is 0 Å². The summed E-state index contributed by atoms with van der Waals surface area (Å²) >= 11 is 0.370. The number of carbonyl (C=O) groups excluding carboxylic acids is 1. The van der Waals surface area contributed by atoms with Gasteiger partial charge in [0.25, 0.3) is 0 Å². The number of rotatable bonds is 3. The summed E-state index contributed by atoms with van der Waals surface area (Å²) in [6, 6.07) is 7.69. The van der Waals surface area contributed by atoms with E-state index in [0.717, 1.165) is 10.0 Å². The molecule has 0 atom stereocenters. The second-order valence-corrected chi connectivity index (χ2v) is 4.05. The van der Waals surface area contributed by atoms with E-state index in [0.29, 0.717) is 15.0 Å². The number of hydrogen-bond acceptors (Lipinski definition) is 1. The normalized spacial score (nSPS) is 9.42. The molecule has 0 amide bonds. The molecule has 2 heteroatoms. The van der Waals surface area contributed by atoms with Gasteiger partial charge in [0.2, 0.25) is 0 Å². The van der Waals surface area contributed by atoms with E-state index < -0.39 is 0 Å². The zero-order chi connectivity index (χ0) is 8.97. The first kappa shape index (κ1) is 9.24. The summed E-state index contributed by atoms with van der Waals surface area (Å²) in [6.45, 7) is 3.47. The van der Waals surface area contributed by atoms with Gasteiger partial charge in [-0.15, -0.1) is 0 Å². The molecule has 62 valence electrons. The Balaban J connectivity index is 3.13. The Morgan fingerprint density at radius 2 is 2.17 bits per heavy atom. The summed E-state index contributed by atoms with van der Waals surface area (Å²) in [7, 11) is 0. The van der Waals surface area contributed by atoms with Gasteiger partial charge in [-0.2, -0.15) is 0 Å². The van der Waals surface area contributed by atoms with E-state index in [1.54, 1.807) is 0 Å². The fraction of sp³-hybridized carbons (Fsp3) is 0.100. The Morgan fingerprint density at radius 3 is 2.75 bits per heavy atom. The van der Waals surface area contributed by atoms with Gasteiger partial charge in [-0.1, -0.05) is 0 Å². The number of carbonyl (C=O) groups is 1. The van der Waals surface area contributed by atoms with Gasteiger partial charge in [-0.05, 0) is 0 Å².